The summed E-state index contributed by atoms with van der Waals surface area (Å²) in [6.45, 7) is 1.64. The Kier molecular flexibility index (Phi) is 9.00. The molecule has 0 bridgehead atoms. The molecule has 0 radical (unpaired) electrons. The topological polar surface area (TPSA) is 88.5 Å². The third kappa shape index (κ3) is 7.49. The lowest BCUT2D eigenvalue weighted by Gasteiger charge is -2.36. The zero-order valence-corrected chi connectivity index (χ0v) is 21.4. The van der Waals surface area contributed by atoms with E-state index in [0.29, 0.717) is 63.6 Å². The summed E-state index contributed by atoms with van der Waals surface area (Å²) < 4.78 is 84.6. The summed E-state index contributed by atoms with van der Waals surface area (Å²) in [5.41, 5.74) is -1.65. The number of hydrogen-bond donors (Lipinski definition) is 3. The fraction of sp³-hybridized carbons (Fsp3) is 0.500. The van der Waals surface area contributed by atoms with Crippen LogP contribution in [0.5, 0.6) is 0 Å². The number of halogens is 6. The molecule has 8 nitrogen and oxygen atoms in total. The van der Waals surface area contributed by atoms with Gasteiger partial charge in [0.1, 0.15) is 6.61 Å². The van der Waals surface area contributed by atoms with Crippen LogP contribution in [0, 0.1) is 0 Å². The molecular formula is C26H30F6N4O4. The monoisotopic (exact) mass is 576 g/mol. The SMILES string of the molecule is O=C(COC1CCC(Nc2ccc(N(O)O)cc2C(F)(F)F)CC1)N1CCN(c2ccc(C(F)(F)F)cc2)CC1. The minimum atomic E-state index is -4.70. The van der Waals surface area contributed by atoms with Gasteiger partial charge in [0, 0.05) is 43.6 Å². The van der Waals surface area contributed by atoms with Gasteiger partial charge in [0.2, 0.25) is 5.91 Å². The number of rotatable bonds is 7. The molecular weight excluding hydrogens is 546 g/mol. The van der Waals surface area contributed by atoms with Crippen LogP contribution in [-0.4, -0.2) is 66.2 Å². The molecule has 3 N–H and O–H groups in total. The molecule has 0 spiro atoms. The van der Waals surface area contributed by atoms with Crippen LogP contribution in [0.25, 0.3) is 0 Å². The number of piperazine rings is 1. The van der Waals surface area contributed by atoms with E-state index >= 15 is 0 Å². The standard InChI is InChI=1S/C26H30F6N4O4/c27-25(28,29)17-1-5-19(6-2-17)34-11-13-35(14-12-34)24(37)16-40-21-8-3-18(4-9-21)33-23-10-7-20(36(38)39)15-22(23)26(30,31)32/h1-2,5-7,10,15,18,21,33,38-39H,3-4,8-9,11-14,16H2. The van der Waals surface area contributed by atoms with E-state index in [9.17, 15) is 31.1 Å². The van der Waals surface area contributed by atoms with E-state index in [1.54, 1.807) is 4.90 Å². The van der Waals surface area contributed by atoms with Gasteiger partial charge in [0.15, 0.2) is 0 Å². The van der Waals surface area contributed by atoms with Crippen LogP contribution >= 0.6 is 0 Å². The number of carbonyl (C=O) groups is 1. The summed E-state index contributed by atoms with van der Waals surface area (Å²) in [6.07, 6.45) is -7.16. The van der Waals surface area contributed by atoms with Gasteiger partial charge < -0.3 is 19.9 Å². The van der Waals surface area contributed by atoms with E-state index in [-0.39, 0.29) is 35.6 Å². The summed E-state index contributed by atoms with van der Waals surface area (Å²) in [6, 6.07) is 7.62. The van der Waals surface area contributed by atoms with Crippen molar-refractivity contribution in [3.05, 3.63) is 53.6 Å². The molecule has 0 aromatic heterocycles. The Morgan fingerprint density at radius 1 is 0.900 bits per heavy atom. The average molecular weight is 577 g/mol. The van der Waals surface area contributed by atoms with Gasteiger partial charge in [-0.15, -0.1) is 5.23 Å². The molecule has 1 amide bonds. The number of carbonyl (C=O) groups excluding carboxylic acids is 1. The van der Waals surface area contributed by atoms with Crippen molar-refractivity contribution >= 4 is 23.0 Å². The number of amides is 1. The maximum absolute atomic E-state index is 13.5. The predicted octanol–water partition coefficient (Wildman–Crippen LogP) is 5.40. The zero-order chi connectivity index (χ0) is 29.1. The van der Waals surface area contributed by atoms with Gasteiger partial charge in [-0.05, 0) is 68.1 Å². The highest BCUT2D eigenvalue weighted by Gasteiger charge is 2.35. The van der Waals surface area contributed by atoms with Crippen molar-refractivity contribution in [2.75, 3.05) is 48.2 Å². The number of ether oxygens (including phenoxy) is 1. The number of anilines is 3. The third-order valence-electron chi connectivity index (χ3n) is 7.21. The van der Waals surface area contributed by atoms with Crippen molar-refractivity contribution in [2.24, 2.45) is 0 Å². The number of hydrogen-bond acceptors (Lipinski definition) is 7. The number of alkyl halides is 6. The molecule has 1 aliphatic carbocycles. The van der Waals surface area contributed by atoms with Crippen LogP contribution < -0.4 is 15.4 Å². The van der Waals surface area contributed by atoms with Gasteiger partial charge in [0.05, 0.1) is 22.9 Å². The molecule has 40 heavy (non-hydrogen) atoms. The fourth-order valence-electron chi connectivity index (χ4n) is 4.97. The van der Waals surface area contributed by atoms with E-state index in [1.807, 2.05) is 4.90 Å². The molecule has 1 heterocycles. The number of nitrogens with one attached hydrogen (secondary N) is 1. The second-order valence-corrected chi connectivity index (χ2v) is 9.86. The Morgan fingerprint density at radius 3 is 2.08 bits per heavy atom. The maximum Gasteiger partial charge on any atom is 0.418 e. The molecule has 2 aromatic rings. The molecule has 2 fully saturated rings. The Balaban J connectivity index is 1.20. The third-order valence-corrected chi connectivity index (χ3v) is 7.21. The minimum Gasteiger partial charge on any atom is -0.382 e. The number of nitrogens with zero attached hydrogens (tertiary/aromatic N) is 3. The second-order valence-electron chi connectivity index (χ2n) is 9.86. The summed E-state index contributed by atoms with van der Waals surface area (Å²) in [4.78, 5) is 16.2. The lowest BCUT2D eigenvalue weighted by Crippen LogP contribution is -2.50. The Morgan fingerprint density at radius 2 is 1.52 bits per heavy atom. The first-order valence-electron chi connectivity index (χ1n) is 12.8. The molecule has 2 aromatic carbocycles. The van der Waals surface area contributed by atoms with Gasteiger partial charge in [0.25, 0.3) is 0 Å². The largest absolute Gasteiger partial charge is 0.418 e. The first-order chi connectivity index (χ1) is 18.8. The van der Waals surface area contributed by atoms with Crippen LogP contribution in [0.4, 0.5) is 43.4 Å². The highest BCUT2D eigenvalue weighted by molar-refractivity contribution is 5.77. The van der Waals surface area contributed by atoms with Gasteiger partial charge >= 0.3 is 12.4 Å². The fourth-order valence-corrected chi connectivity index (χ4v) is 4.97. The van der Waals surface area contributed by atoms with Crippen LogP contribution in [0.1, 0.15) is 36.8 Å². The van der Waals surface area contributed by atoms with Gasteiger partial charge in [-0.1, -0.05) is 0 Å². The van der Waals surface area contributed by atoms with E-state index < -0.39 is 29.2 Å². The van der Waals surface area contributed by atoms with Crippen molar-refractivity contribution < 1.29 is 46.3 Å². The van der Waals surface area contributed by atoms with E-state index in [4.69, 9.17) is 15.2 Å². The first-order valence-corrected chi connectivity index (χ1v) is 12.8. The Labute approximate surface area is 226 Å². The smallest absolute Gasteiger partial charge is 0.382 e. The van der Waals surface area contributed by atoms with Crippen LogP contribution in [0.2, 0.25) is 0 Å². The molecule has 220 valence electrons. The molecule has 1 saturated carbocycles. The predicted molar refractivity (Wildman–Crippen MR) is 133 cm³/mol. The molecule has 1 saturated heterocycles. The lowest BCUT2D eigenvalue weighted by atomic mass is 9.92. The second kappa shape index (κ2) is 12.1. The number of benzene rings is 2. The van der Waals surface area contributed by atoms with Crippen LogP contribution in [0.15, 0.2) is 42.5 Å². The van der Waals surface area contributed by atoms with Crippen molar-refractivity contribution in [3.63, 3.8) is 0 Å². The summed E-state index contributed by atoms with van der Waals surface area (Å²) in [5.74, 6) is -0.191. The van der Waals surface area contributed by atoms with Crippen molar-refractivity contribution in [1.29, 1.82) is 0 Å². The minimum absolute atomic E-state index is 0.123. The maximum atomic E-state index is 13.5. The Hall–Kier alpha value is -3.23. The van der Waals surface area contributed by atoms with E-state index in [0.717, 1.165) is 24.3 Å². The van der Waals surface area contributed by atoms with Gasteiger partial charge in [-0.2, -0.15) is 26.3 Å². The van der Waals surface area contributed by atoms with Crippen molar-refractivity contribution in [3.8, 4) is 0 Å². The van der Waals surface area contributed by atoms with Gasteiger partial charge in [-0.25, -0.2) is 0 Å². The van der Waals surface area contributed by atoms with Gasteiger partial charge in [-0.3, -0.25) is 15.2 Å². The van der Waals surface area contributed by atoms with Crippen molar-refractivity contribution in [2.45, 2.75) is 50.2 Å². The van der Waals surface area contributed by atoms with E-state index in [2.05, 4.69) is 5.32 Å². The quantitative estimate of drug-likeness (QED) is 0.301. The highest BCUT2D eigenvalue weighted by atomic mass is 19.4. The summed E-state index contributed by atoms with van der Waals surface area (Å²) in [5, 5.41) is 20.6. The Bertz CT molecular complexity index is 1140. The highest BCUT2D eigenvalue weighted by Crippen LogP contribution is 2.38. The molecule has 0 atom stereocenters. The molecule has 0 unspecified atom stereocenters. The lowest BCUT2D eigenvalue weighted by molar-refractivity contribution is -0.139. The molecule has 4 rings (SSSR count). The normalized spacial score (nSPS) is 20.4. The van der Waals surface area contributed by atoms with Crippen molar-refractivity contribution in [1.82, 2.24) is 4.90 Å². The molecule has 2 aliphatic rings. The van der Waals surface area contributed by atoms with E-state index in [1.165, 1.54) is 12.1 Å². The molecule has 1 aliphatic heterocycles. The van der Waals surface area contributed by atoms with Crippen LogP contribution in [-0.2, 0) is 21.9 Å². The zero-order valence-electron chi connectivity index (χ0n) is 21.4. The van der Waals surface area contributed by atoms with Crippen LogP contribution in [0.3, 0.4) is 0 Å². The molecule has 14 heteroatoms. The summed E-state index contributed by atoms with van der Waals surface area (Å²) in [7, 11) is 0. The summed E-state index contributed by atoms with van der Waals surface area (Å²) >= 11 is 0. The average Bonchev–Trinajstić information content (AvgIpc) is 2.91. The first kappa shape index (κ1) is 29.7.